The number of halogens is 1. The van der Waals surface area contributed by atoms with Gasteiger partial charge in [-0.25, -0.2) is 0 Å². The van der Waals surface area contributed by atoms with Crippen molar-refractivity contribution < 1.29 is 9.32 Å². The summed E-state index contributed by atoms with van der Waals surface area (Å²) in [5, 5.41) is 7.85. The number of aromatic nitrogens is 1. The molecule has 2 aromatic rings. The van der Waals surface area contributed by atoms with Crippen LogP contribution in [0.25, 0.3) is 11.3 Å². The van der Waals surface area contributed by atoms with Crippen LogP contribution in [0.1, 0.15) is 48.7 Å². The maximum absolute atomic E-state index is 13.0. The minimum atomic E-state index is -0.121. The molecule has 0 saturated heterocycles. The molecule has 1 aromatic heterocycles. The second-order valence-electron chi connectivity index (χ2n) is 7.54. The van der Waals surface area contributed by atoms with E-state index in [0.29, 0.717) is 28.0 Å². The molecule has 2 aliphatic carbocycles. The van der Waals surface area contributed by atoms with Crippen LogP contribution in [-0.2, 0) is 0 Å². The first-order valence-corrected chi connectivity index (χ1v) is 9.44. The fraction of sp³-hybridized carbons (Fsp3) is 0.500. The number of nitrogens with zero attached hydrogens (tertiary/aromatic N) is 1. The Morgan fingerprint density at radius 1 is 1.32 bits per heavy atom. The van der Waals surface area contributed by atoms with Crippen molar-refractivity contribution >= 4 is 17.5 Å². The van der Waals surface area contributed by atoms with Crippen molar-refractivity contribution in [1.29, 1.82) is 0 Å². The molecule has 132 valence electrons. The van der Waals surface area contributed by atoms with Crippen molar-refractivity contribution in [3.8, 4) is 11.3 Å². The number of rotatable bonds is 4. The Kier molecular flexibility index (Phi) is 4.32. The van der Waals surface area contributed by atoms with Gasteiger partial charge in [-0.2, -0.15) is 0 Å². The first kappa shape index (κ1) is 16.6. The third kappa shape index (κ3) is 2.97. The smallest absolute Gasteiger partial charge is 0.257 e. The Hall–Kier alpha value is -1.81. The lowest BCUT2D eigenvalue weighted by molar-refractivity contribution is 0.0914. The van der Waals surface area contributed by atoms with E-state index in [2.05, 4.69) is 17.4 Å². The summed E-state index contributed by atoms with van der Waals surface area (Å²) in [6, 6.07) is 7.55. The Balaban J connectivity index is 1.56. The summed E-state index contributed by atoms with van der Waals surface area (Å²) in [6.07, 6.45) is 5.25. The summed E-state index contributed by atoms with van der Waals surface area (Å²) in [6.45, 7) is 3.89. The van der Waals surface area contributed by atoms with E-state index in [9.17, 15) is 4.79 Å². The van der Waals surface area contributed by atoms with Gasteiger partial charge in [0.2, 0.25) is 0 Å². The minimum Gasteiger partial charge on any atom is -0.360 e. The lowest BCUT2D eigenvalue weighted by Gasteiger charge is -2.28. The summed E-state index contributed by atoms with van der Waals surface area (Å²) in [5.41, 5.74) is 1.72. The van der Waals surface area contributed by atoms with E-state index in [4.69, 9.17) is 16.1 Å². The highest BCUT2D eigenvalue weighted by Gasteiger charge is 2.42. The summed E-state index contributed by atoms with van der Waals surface area (Å²) < 4.78 is 5.31. The Bertz CT molecular complexity index is 801. The Morgan fingerprint density at radius 3 is 2.80 bits per heavy atom. The zero-order valence-corrected chi connectivity index (χ0v) is 15.3. The van der Waals surface area contributed by atoms with E-state index >= 15 is 0 Å². The van der Waals surface area contributed by atoms with Gasteiger partial charge in [-0.05, 0) is 56.9 Å². The predicted octanol–water partition coefficient (Wildman–Crippen LogP) is 4.86. The topological polar surface area (TPSA) is 55.1 Å². The number of fused-ring (bicyclic) bond motifs is 2. The molecular weight excluding hydrogens is 336 g/mol. The molecule has 2 fully saturated rings. The third-order valence-corrected chi connectivity index (χ3v) is 6.34. The molecule has 25 heavy (non-hydrogen) atoms. The van der Waals surface area contributed by atoms with Crippen molar-refractivity contribution in [1.82, 2.24) is 10.5 Å². The molecule has 0 unspecified atom stereocenters. The highest BCUT2D eigenvalue weighted by Crippen LogP contribution is 2.49. The predicted molar refractivity (Wildman–Crippen MR) is 97.6 cm³/mol. The number of nitrogens with one attached hydrogen (secondary N) is 1. The van der Waals surface area contributed by atoms with Gasteiger partial charge in [0.25, 0.3) is 5.91 Å². The summed E-state index contributed by atoms with van der Waals surface area (Å²) >= 11 is 6.28. The van der Waals surface area contributed by atoms with Crippen molar-refractivity contribution in [2.45, 2.75) is 45.6 Å². The number of amides is 1. The number of benzene rings is 1. The fourth-order valence-corrected chi connectivity index (χ4v) is 4.99. The molecule has 0 aliphatic heterocycles. The second kappa shape index (κ2) is 6.49. The molecule has 2 aliphatic rings. The molecule has 4 rings (SSSR count). The lowest BCUT2D eigenvalue weighted by atomic mass is 9.84. The minimum absolute atomic E-state index is 0.121. The van der Waals surface area contributed by atoms with E-state index < -0.39 is 0 Å². The maximum atomic E-state index is 13.0. The van der Waals surface area contributed by atoms with Gasteiger partial charge in [-0.15, -0.1) is 0 Å². The van der Waals surface area contributed by atoms with E-state index in [0.717, 1.165) is 17.4 Å². The van der Waals surface area contributed by atoms with Gasteiger partial charge >= 0.3 is 0 Å². The molecule has 1 aromatic carbocycles. The van der Waals surface area contributed by atoms with E-state index in [1.807, 2.05) is 18.2 Å². The SMILES string of the molecule is Cc1onc(-c2ccccc2Cl)c1C(=O)N[C@H](C)[C@H]1C[C@@H]2CC[C@H]1C2. The van der Waals surface area contributed by atoms with Crippen molar-refractivity contribution in [3.05, 3.63) is 40.6 Å². The molecule has 1 N–H and O–H groups in total. The van der Waals surface area contributed by atoms with E-state index in [1.165, 1.54) is 25.7 Å². The van der Waals surface area contributed by atoms with Crippen LogP contribution < -0.4 is 5.32 Å². The van der Waals surface area contributed by atoms with Gasteiger partial charge in [0.05, 0.1) is 5.02 Å². The van der Waals surface area contributed by atoms with Gasteiger partial charge in [-0.3, -0.25) is 4.79 Å². The summed E-state index contributed by atoms with van der Waals surface area (Å²) in [5.74, 6) is 2.63. The lowest BCUT2D eigenvalue weighted by Crippen LogP contribution is -2.40. The molecule has 5 heteroatoms. The Labute approximate surface area is 152 Å². The van der Waals surface area contributed by atoms with Crippen LogP contribution in [-0.4, -0.2) is 17.1 Å². The van der Waals surface area contributed by atoms with Gasteiger partial charge < -0.3 is 9.84 Å². The van der Waals surface area contributed by atoms with Gasteiger partial charge in [0.15, 0.2) is 0 Å². The molecule has 4 nitrogen and oxygen atoms in total. The molecule has 1 heterocycles. The molecule has 0 radical (unpaired) electrons. The van der Waals surface area contributed by atoms with E-state index in [1.54, 1.807) is 13.0 Å². The van der Waals surface area contributed by atoms with Crippen LogP contribution in [0.15, 0.2) is 28.8 Å². The van der Waals surface area contributed by atoms with Crippen LogP contribution in [0.5, 0.6) is 0 Å². The zero-order valence-electron chi connectivity index (χ0n) is 14.6. The first-order chi connectivity index (χ1) is 12.0. The van der Waals surface area contributed by atoms with Gasteiger partial charge in [0, 0.05) is 11.6 Å². The largest absolute Gasteiger partial charge is 0.360 e. The molecule has 0 spiro atoms. The summed E-state index contributed by atoms with van der Waals surface area (Å²) in [4.78, 5) is 13.0. The van der Waals surface area contributed by atoms with Crippen LogP contribution >= 0.6 is 11.6 Å². The molecule has 2 bridgehead atoms. The van der Waals surface area contributed by atoms with Crippen LogP contribution in [0.4, 0.5) is 0 Å². The monoisotopic (exact) mass is 358 g/mol. The highest BCUT2D eigenvalue weighted by atomic mass is 35.5. The number of hydrogen-bond acceptors (Lipinski definition) is 3. The van der Waals surface area contributed by atoms with Crippen molar-refractivity contribution in [2.75, 3.05) is 0 Å². The van der Waals surface area contributed by atoms with Crippen molar-refractivity contribution in [2.24, 2.45) is 17.8 Å². The average Bonchev–Trinajstić information content (AvgIpc) is 3.30. The molecule has 4 atom stereocenters. The maximum Gasteiger partial charge on any atom is 0.257 e. The van der Waals surface area contributed by atoms with Crippen LogP contribution in [0.3, 0.4) is 0 Å². The van der Waals surface area contributed by atoms with E-state index in [-0.39, 0.29) is 11.9 Å². The number of carbonyl (C=O) groups excluding carboxylic acids is 1. The number of carbonyl (C=O) groups is 1. The van der Waals surface area contributed by atoms with Gasteiger partial charge in [-0.1, -0.05) is 41.4 Å². The number of hydrogen-bond donors (Lipinski definition) is 1. The normalized spacial score (nSPS) is 26.0. The molecule has 1 amide bonds. The van der Waals surface area contributed by atoms with Crippen LogP contribution in [0, 0.1) is 24.7 Å². The molecule has 2 saturated carbocycles. The highest BCUT2D eigenvalue weighted by molar-refractivity contribution is 6.33. The zero-order chi connectivity index (χ0) is 17.6. The summed E-state index contributed by atoms with van der Waals surface area (Å²) in [7, 11) is 0. The first-order valence-electron chi connectivity index (χ1n) is 9.06. The van der Waals surface area contributed by atoms with Crippen molar-refractivity contribution in [3.63, 3.8) is 0 Å². The fourth-order valence-electron chi connectivity index (χ4n) is 4.77. The van der Waals surface area contributed by atoms with Gasteiger partial charge in [0.1, 0.15) is 17.0 Å². The second-order valence-corrected chi connectivity index (χ2v) is 7.95. The molecular formula is C20H23ClN2O2. The third-order valence-electron chi connectivity index (χ3n) is 6.01. The standard InChI is InChI=1S/C20H23ClN2O2/c1-11(16-10-13-7-8-14(16)9-13)22-20(24)18-12(2)25-23-19(18)15-5-3-4-6-17(15)21/h3-6,11,13-14,16H,7-10H2,1-2H3,(H,22,24)/t11-,13-,14+,16-/m1/s1. The number of aryl methyl sites for hydroxylation is 1. The van der Waals surface area contributed by atoms with Crippen LogP contribution in [0.2, 0.25) is 5.02 Å². The Morgan fingerprint density at radius 2 is 2.12 bits per heavy atom. The average molecular weight is 359 g/mol. The quantitative estimate of drug-likeness (QED) is 0.849.